The number of piperidine rings is 1. The molecule has 208 valence electrons. The van der Waals surface area contributed by atoms with E-state index in [2.05, 4.69) is 25.8 Å². The minimum atomic E-state index is -4.37. The predicted octanol–water partition coefficient (Wildman–Crippen LogP) is 3.11. The van der Waals surface area contributed by atoms with Crippen molar-refractivity contribution >= 4 is 17.6 Å². The molecule has 2 saturated carbocycles. The molecule has 3 aromatic rings. The van der Waals surface area contributed by atoms with E-state index in [0.29, 0.717) is 41.2 Å². The Bertz CT molecular complexity index is 1360. The monoisotopic (exact) mass is 544 g/mol. The summed E-state index contributed by atoms with van der Waals surface area (Å²) in [5, 5.41) is 14.4. The molecule has 4 heterocycles. The molecule has 2 N–H and O–H groups in total. The summed E-state index contributed by atoms with van der Waals surface area (Å²) in [7, 11) is 0. The Kier molecular flexibility index (Phi) is 6.54. The molecule has 0 aromatic carbocycles. The van der Waals surface area contributed by atoms with Gasteiger partial charge in [-0.15, -0.1) is 0 Å². The second-order valence-corrected chi connectivity index (χ2v) is 11.0. The van der Waals surface area contributed by atoms with Gasteiger partial charge in [0.1, 0.15) is 5.69 Å². The number of nitrogens with one attached hydrogen (secondary N) is 2. The van der Waals surface area contributed by atoms with Gasteiger partial charge >= 0.3 is 6.18 Å². The van der Waals surface area contributed by atoms with Crippen molar-refractivity contribution in [3.63, 3.8) is 0 Å². The number of alkyl halides is 3. The van der Waals surface area contributed by atoms with E-state index in [1.807, 2.05) is 6.92 Å². The third-order valence-electron chi connectivity index (χ3n) is 8.21. The van der Waals surface area contributed by atoms with Crippen LogP contribution < -0.4 is 10.6 Å². The average molecular weight is 545 g/mol. The number of imidazole rings is 1. The zero-order valence-electron chi connectivity index (χ0n) is 21.6. The molecule has 0 radical (unpaired) electrons. The Labute approximate surface area is 222 Å². The van der Waals surface area contributed by atoms with Crippen molar-refractivity contribution in [1.29, 1.82) is 0 Å². The first-order valence-electron chi connectivity index (χ1n) is 13.6. The number of halogens is 3. The molecule has 3 aliphatic rings. The Morgan fingerprint density at radius 3 is 2.64 bits per heavy atom. The Hall–Kier alpha value is -3.51. The summed E-state index contributed by atoms with van der Waals surface area (Å²) >= 11 is 0. The summed E-state index contributed by atoms with van der Waals surface area (Å²) in [4.78, 5) is 34.7. The SMILES string of the molecule is CCn1nccc1C(=O)N[C@H](c1cn2nc(C[C@H]3C[C@@H](C(F)(F)F)CNC3=O)cnc2n1)C(C1CC1)C1CC1. The molecule has 1 aliphatic heterocycles. The van der Waals surface area contributed by atoms with Gasteiger partial charge in [0.05, 0.1) is 35.7 Å². The van der Waals surface area contributed by atoms with E-state index in [1.54, 1.807) is 23.1 Å². The topological polar surface area (TPSA) is 119 Å². The first kappa shape index (κ1) is 25.8. The summed E-state index contributed by atoms with van der Waals surface area (Å²) < 4.78 is 42.9. The van der Waals surface area contributed by atoms with Gasteiger partial charge in [0, 0.05) is 31.6 Å². The lowest BCUT2D eigenvalue weighted by Crippen LogP contribution is -2.47. The summed E-state index contributed by atoms with van der Waals surface area (Å²) in [6.45, 7) is 2.10. The molecule has 1 saturated heterocycles. The average Bonchev–Trinajstić information content (AvgIpc) is 3.83. The molecule has 39 heavy (non-hydrogen) atoms. The number of carbonyl (C=O) groups is 2. The predicted molar refractivity (Wildman–Crippen MR) is 132 cm³/mol. The highest BCUT2D eigenvalue weighted by atomic mass is 19.4. The van der Waals surface area contributed by atoms with Gasteiger partial charge in [0.15, 0.2) is 0 Å². The van der Waals surface area contributed by atoms with Crippen LogP contribution in [0.1, 0.15) is 66.9 Å². The molecule has 13 heteroatoms. The van der Waals surface area contributed by atoms with Gasteiger partial charge in [-0.2, -0.15) is 23.4 Å². The lowest BCUT2D eigenvalue weighted by atomic mass is 9.86. The van der Waals surface area contributed by atoms with E-state index in [1.165, 1.54) is 10.7 Å². The number of hydrogen-bond acceptors (Lipinski definition) is 6. The van der Waals surface area contributed by atoms with Gasteiger partial charge in [0.2, 0.25) is 5.91 Å². The lowest BCUT2D eigenvalue weighted by molar-refractivity contribution is -0.183. The van der Waals surface area contributed by atoms with E-state index in [9.17, 15) is 22.8 Å². The third kappa shape index (κ3) is 5.35. The van der Waals surface area contributed by atoms with Crippen LogP contribution in [0.3, 0.4) is 0 Å². The van der Waals surface area contributed by atoms with Crippen LogP contribution in [0.5, 0.6) is 0 Å². The molecule has 2 amide bonds. The quantitative estimate of drug-likeness (QED) is 0.427. The smallest absolute Gasteiger partial charge is 0.355 e. The van der Waals surface area contributed by atoms with Crippen molar-refractivity contribution in [2.45, 2.75) is 64.2 Å². The Balaban J connectivity index is 1.26. The number of aryl methyl sites for hydroxylation is 1. The van der Waals surface area contributed by atoms with E-state index in [4.69, 9.17) is 4.98 Å². The highest BCUT2D eigenvalue weighted by Crippen LogP contribution is 2.54. The molecule has 3 fully saturated rings. The molecular formula is C26H31F3N8O2. The van der Waals surface area contributed by atoms with E-state index in [0.717, 1.165) is 25.7 Å². The van der Waals surface area contributed by atoms with Crippen LogP contribution in [0.2, 0.25) is 0 Å². The minimum absolute atomic E-state index is 0.0445. The largest absolute Gasteiger partial charge is 0.393 e. The highest BCUT2D eigenvalue weighted by Gasteiger charge is 2.47. The summed E-state index contributed by atoms with van der Waals surface area (Å²) in [5.74, 6) is -1.42. The highest BCUT2D eigenvalue weighted by molar-refractivity contribution is 5.92. The molecule has 0 unspecified atom stereocenters. The maximum Gasteiger partial charge on any atom is 0.393 e. The van der Waals surface area contributed by atoms with Gasteiger partial charge in [-0.3, -0.25) is 14.3 Å². The first-order valence-corrected chi connectivity index (χ1v) is 13.6. The van der Waals surface area contributed by atoms with Crippen molar-refractivity contribution in [1.82, 2.24) is 40.0 Å². The van der Waals surface area contributed by atoms with Crippen molar-refractivity contribution in [2.24, 2.45) is 29.6 Å². The van der Waals surface area contributed by atoms with Gasteiger partial charge in [0.25, 0.3) is 11.7 Å². The number of nitrogens with zero attached hydrogens (tertiary/aromatic N) is 6. The van der Waals surface area contributed by atoms with E-state index >= 15 is 0 Å². The maximum absolute atomic E-state index is 13.3. The number of hydrogen-bond donors (Lipinski definition) is 2. The Morgan fingerprint density at radius 1 is 1.23 bits per heavy atom. The second kappa shape index (κ2) is 9.91. The number of fused-ring (bicyclic) bond motifs is 1. The van der Waals surface area contributed by atoms with Crippen LogP contribution >= 0.6 is 0 Å². The van der Waals surface area contributed by atoms with Crippen molar-refractivity contribution in [3.05, 3.63) is 41.7 Å². The Morgan fingerprint density at radius 2 is 1.97 bits per heavy atom. The van der Waals surface area contributed by atoms with Gasteiger partial charge in [-0.25, -0.2) is 14.5 Å². The van der Waals surface area contributed by atoms with Crippen LogP contribution in [0.15, 0.2) is 24.7 Å². The molecule has 2 aliphatic carbocycles. The summed E-state index contributed by atoms with van der Waals surface area (Å²) in [6, 6.07) is 1.37. The minimum Gasteiger partial charge on any atom is -0.355 e. The van der Waals surface area contributed by atoms with Gasteiger partial charge < -0.3 is 10.6 Å². The number of rotatable bonds is 9. The molecule has 6 rings (SSSR count). The van der Waals surface area contributed by atoms with E-state index < -0.39 is 30.5 Å². The first-order chi connectivity index (χ1) is 18.7. The van der Waals surface area contributed by atoms with E-state index in [-0.39, 0.29) is 30.7 Å². The van der Waals surface area contributed by atoms with Crippen LogP contribution in [0, 0.1) is 29.6 Å². The molecule has 10 nitrogen and oxygen atoms in total. The second-order valence-electron chi connectivity index (χ2n) is 11.0. The molecule has 0 spiro atoms. The summed E-state index contributed by atoms with van der Waals surface area (Å²) in [5.41, 5.74) is 1.54. The van der Waals surface area contributed by atoms with Crippen LogP contribution in [-0.2, 0) is 17.8 Å². The fraction of sp³-hybridized carbons (Fsp3) is 0.615. The molecular weight excluding hydrogens is 513 g/mol. The van der Waals surface area contributed by atoms with Gasteiger partial charge in [-0.1, -0.05) is 0 Å². The third-order valence-corrected chi connectivity index (χ3v) is 8.21. The summed E-state index contributed by atoms with van der Waals surface area (Å²) in [6.07, 6.45) is 4.70. The molecule has 0 bridgehead atoms. The lowest BCUT2D eigenvalue weighted by Gasteiger charge is -2.30. The molecule has 3 atom stereocenters. The number of amides is 2. The van der Waals surface area contributed by atoms with Crippen LogP contribution in [0.25, 0.3) is 5.78 Å². The van der Waals surface area contributed by atoms with Crippen LogP contribution in [0.4, 0.5) is 13.2 Å². The normalized spacial score (nSPS) is 22.7. The number of carbonyl (C=O) groups excluding carboxylic acids is 2. The fourth-order valence-electron chi connectivity index (χ4n) is 5.91. The number of aromatic nitrogens is 6. The fourth-order valence-corrected chi connectivity index (χ4v) is 5.91. The molecule has 3 aromatic heterocycles. The van der Waals surface area contributed by atoms with Crippen molar-refractivity contribution in [2.75, 3.05) is 6.54 Å². The van der Waals surface area contributed by atoms with Crippen molar-refractivity contribution in [3.8, 4) is 0 Å². The zero-order chi connectivity index (χ0) is 27.3. The van der Waals surface area contributed by atoms with Crippen LogP contribution in [-0.4, -0.2) is 53.9 Å². The zero-order valence-corrected chi connectivity index (χ0v) is 21.6. The van der Waals surface area contributed by atoms with Crippen molar-refractivity contribution < 1.29 is 22.8 Å². The standard InChI is InChI=1S/C26H31F3N8O2/c1-2-36-20(7-8-32-36)24(39)34-22(21(14-3-4-14)15-5-6-15)19-13-37-25(33-19)31-12-18(35-37)10-16-9-17(26(27,28)29)11-30-23(16)38/h7-8,12-17,21-22H,2-6,9-11H2,1H3,(H,30,38)(H,34,39)/t16-,17-,22-/m1/s1. The maximum atomic E-state index is 13.3. The van der Waals surface area contributed by atoms with Gasteiger partial charge in [-0.05, 0) is 62.8 Å².